The lowest BCUT2D eigenvalue weighted by Gasteiger charge is -2.71. The number of fused-ring (bicyclic) bond motifs is 7. The molecule has 226 valence electrons. The summed E-state index contributed by atoms with van der Waals surface area (Å²) in [6.45, 7) is 17.4. The van der Waals surface area contributed by atoms with Crippen molar-refractivity contribution >= 4 is 5.78 Å². The molecule has 1 unspecified atom stereocenters. The summed E-state index contributed by atoms with van der Waals surface area (Å²) in [5, 5.41) is 21.1. The van der Waals surface area contributed by atoms with E-state index in [2.05, 4.69) is 54.5 Å². The Kier molecular flexibility index (Phi) is 6.92. The van der Waals surface area contributed by atoms with Crippen molar-refractivity contribution in [3.8, 4) is 0 Å². The first kappa shape index (κ1) is 29.4. The van der Waals surface area contributed by atoms with Crippen LogP contribution >= 0.6 is 0 Å². The Morgan fingerprint density at radius 1 is 0.850 bits per heavy atom. The molecule has 6 aliphatic rings. The van der Waals surface area contributed by atoms with Gasteiger partial charge in [-0.05, 0) is 141 Å². The van der Waals surface area contributed by atoms with Gasteiger partial charge in [0.25, 0.3) is 0 Å². The predicted molar refractivity (Wildman–Crippen MR) is 163 cm³/mol. The molecule has 10 atom stereocenters. The summed E-state index contributed by atoms with van der Waals surface area (Å²) in [6.07, 6.45) is 18.3. The number of ketones is 1. The quantitative estimate of drug-likeness (QED) is 0.343. The van der Waals surface area contributed by atoms with Crippen LogP contribution in [0.15, 0.2) is 11.6 Å². The number of aliphatic hydroxyl groups excluding tert-OH is 2. The van der Waals surface area contributed by atoms with Gasteiger partial charge >= 0.3 is 0 Å². The predicted octanol–water partition coefficient (Wildman–Crippen LogP) is 8.66. The van der Waals surface area contributed by atoms with Crippen LogP contribution in [0.3, 0.4) is 0 Å². The van der Waals surface area contributed by atoms with E-state index < -0.39 is 0 Å². The van der Waals surface area contributed by atoms with Gasteiger partial charge < -0.3 is 10.2 Å². The Labute approximate surface area is 245 Å². The zero-order valence-electron chi connectivity index (χ0n) is 27.0. The van der Waals surface area contributed by atoms with Gasteiger partial charge in [-0.1, -0.05) is 60.1 Å². The summed E-state index contributed by atoms with van der Waals surface area (Å²) >= 11 is 0. The van der Waals surface area contributed by atoms with Gasteiger partial charge in [0, 0.05) is 11.8 Å². The van der Waals surface area contributed by atoms with Crippen LogP contribution in [0, 0.1) is 56.2 Å². The van der Waals surface area contributed by atoms with Crippen LogP contribution in [0.1, 0.15) is 145 Å². The monoisotopic (exact) mass is 552 g/mol. The SMILES string of the molecule is CC1(C)CC[C@]2(C(=O)CCC3CC[C@@H](O)C3)CC[C@]3(C)C(=CC[C@@H]4[C@@]5(C)CC[C@H](O)C(C)(C)[C@@H]5CC[C@]43C)[C@@H]2C1. The van der Waals surface area contributed by atoms with Crippen molar-refractivity contribution in [2.24, 2.45) is 56.2 Å². The van der Waals surface area contributed by atoms with Gasteiger partial charge in [-0.25, -0.2) is 0 Å². The molecule has 0 saturated heterocycles. The van der Waals surface area contributed by atoms with Crippen molar-refractivity contribution in [2.45, 2.75) is 157 Å². The third kappa shape index (κ3) is 4.05. The van der Waals surface area contributed by atoms with Crippen LogP contribution in [0.4, 0.5) is 0 Å². The first-order valence-electron chi connectivity index (χ1n) is 17.2. The van der Waals surface area contributed by atoms with Crippen molar-refractivity contribution in [1.29, 1.82) is 0 Å². The summed E-state index contributed by atoms with van der Waals surface area (Å²) in [5.74, 6) is 2.71. The van der Waals surface area contributed by atoms with E-state index in [9.17, 15) is 15.0 Å². The molecule has 0 spiro atoms. The zero-order chi connectivity index (χ0) is 28.9. The lowest BCUT2D eigenvalue weighted by Crippen LogP contribution is -2.65. The van der Waals surface area contributed by atoms with Crippen LogP contribution in [-0.2, 0) is 4.79 Å². The summed E-state index contributed by atoms with van der Waals surface area (Å²) in [5.41, 5.74) is 2.44. The van der Waals surface area contributed by atoms with E-state index in [0.717, 1.165) is 77.0 Å². The Balaban J connectivity index is 1.34. The summed E-state index contributed by atoms with van der Waals surface area (Å²) in [7, 11) is 0. The van der Waals surface area contributed by atoms with E-state index in [0.29, 0.717) is 29.5 Å². The second kappa shape index (κ2) is 9.41. The maximum absolute atomic E-state index is 14.4. The minimum absolute atomic E-state index is 0.0177. The fourth-order valence-electron chi connectivity index (χ4n) is 12.6. The smallest absolute Gasteiger partial charge is 0.139 e. The topological polar surface area (TPSA) is 57.5 Å². The molecule has 3 nitrogen and oxygen atoms in total. The molecule has 5 saturated carbocycles. The van der Waals surface area contributed by atoms with Gasteiger partial charge in [-0.3, -0.25) is 4.79 Å². The van der Waals surface area contributed by atoms with E-state index in [1.54, 1.807) is 5.57 Å². The van der Waals surface area contributed by atoms with Gasteiger partial charge in [0.1, 0.15) is 5.78 Å². The van der Waals surface area contributed by atoms with Crippen LogP contribution in [-0.4, -0.2) is 28.2 Å². The second-order valence-corrected chi connectivity index (χ2v) is 18.0. The maximum atomic E-state index is 14.4. The van der Waals surface area contributed by atoms with E-state index in [4.69, 9.17) is 0 Å². The van der Waals surface area contributed by atoms with Gasteiger partial charge in [-0.15, -0.1) is 0 Å². The first-order valence-corrected chi connectivity index (χ1v) is 17.2. The lowest BCUT2D eigenvalue weighted by molar-refractivity contribution is -0.203. The summed E-state index contributed by atoms with van der Waals surface area (Å²) in [6, 6.07) is 0. The number of hydrogen-bond acceptors (Lipinski definition) is 3. The van der Waals surface area contributed by atoms with E-state index in [1.165, 1.54) is 19.3 Å². The molecule has 0 heterocycles. The Bertz CT molecular complexity index is 1060. The van der Waals surface area contributed by atoms with E-state index in [-0.39, 0.29) is 44.7 Å². The van der Waals surface area contributed by atoms with Crippen LogP contribution in [0.5, 0.6) is 0 Å². The summed E-state index contributed by atoms with van der Waals surface area (Å²) in [4.78, 5) is 14.4. The molecule has 6 aliphatic carbocycles. The van der Waals surface area contributed by atoms with Crippen LogP contribution < -0.4 is 0 Å². The average Bonchev–Trinajstić information content (AvgIpc) is 3.30. The Morgan fingerprint density at radius 3 is 2.27 bits per heavy atom. The van der Waals surface area contributed by atoms with Crippen molar-refractivity contribution in [3.63, 3.8) is 0 Å². The van der Waals surface area contributed by atoms with Crippen molar-refractivity contribution in [1.82, 2.24) is 0 Å². The molecule has 5 fully saturated rings. The number of rotatable bonds is 4. The highest BCUT2D eigenvalue weighted by molar-refractivity contribution is 5.86. The van der Waals surface area contributed by atoms with E-state index >= 15 is 0 Å². The van der Waals surface area contributed by atoms with Crippen molar-refractivity contribution in [3.05, 3.63) is 11.6 Å². The minimum Gasteiger partial charge on any atom is -0.393 e. The largest absolute Gasteiger partial charge is 0.393 e. The normalized spacial score (nSPS) is 51.1. The van der Waals surface area contributed by atoms with E-state index in [1.807, 2.05) is 0 Å². The zero-order valence-corrected chi connectivity index (χ0v) is 27.0. The molecule has 6 rings (SSSR count). The first-order chi connectivity index (χ1) is 18.6. The van der Waals surface area contributed by atoms with Gasteiger partial charge in [0.15, 0.2) is 0 Å². The number of allylic oxidation sites excluding steroid dienone is 2. The third-order valence-corrected chi connectivity index (χ3v) is 15.5. The van der Waals surface area contributed by atoms with Crippen LogP contribution in [0.25, 0.3) is 0 Å². The molecule has 0 aromatic carbocycles. The maximum Gasteiger partial charge on any atom is 0.139 e. The Hall–Kier alpha value is -0.670. The molecule has 3 heteroatoms. The molecule has 2 N–H and O–H groups in total. The summed E-state index contributed by atoms with van der Waals surface area (Å²) < 4.78 is 0. The molecule has 0 aromatic rings. The van der Waals surface area contributed by atoms with Gasteiger partial charge in [-0.2, -0.15) is 0 Å². The fraction of sp³-hybridized carbons (Fsp3) is 0.919. The number of carbonyl (C=O) groups excluding carboxylic acids is 1. The lowest BCUT2D eigenvalue weighted by atomic mass is 9.33. The number of carbonyl (C=O) groups is 1. The molecule has 0 amide bonds. The highest BCUT2D eigenvalue weighted by Gasteiger charge is 2.68. The molecule has 40 heavy (non-hydrogen) atoms. The molecule has 0 aromatic heterocycles. The van der Waals surface area contributed by atoms with Gasteiger partial charge in [0.05, 0.1) is 12.2 Å². The molecule has 0 radical (unpaired) electrons. The number of aliphatic hydroxyl groups is 2. The molecular formula is C37H60O3. The van der Waals surface area contributed by atoms with Crippen molar-refractivity contribution < 1.29 is 15.0 Å². The van der Waals surface area contributed by atoms with Crippen molar-refractivity contribution in [2.75, 3.05) is 0 Å². The van der Waals surface area contributed by atoms with Gasteiger partial charge in [0.2, 0.25) is 0 Å². The fourth-order valence-corrected chi connectivity index (χ4v) is 12.6. The Morgan fingerprint density at radius 2 is 1.57 bits per heavy atom. The molecular weight excluding hydrogens is 492 g/mol. The number of Topliss-reactive ketones (excluding diaryl/α,β-unsaturated/α-hetero) is 1. The third-order valence-electron chi connectivity index (χ3n) is 15.5. The van der Waals surface area contributed by atoms with Crippen LogP contribution in [0.2, 0.25) is 0 Å². The highest BCUT2D eigenvalue weighted by atomic mass is 16.3. The average molecular weight is 553 g/mol. The molecule has 0 bridgehead atoms. The highest BCUT2D eigenvalue weighted by Crippen LogP contribution is 2.75. The second-order valence-electron chi connectivity index (χ2n) is 18.0. The minimum atomic E-state index is -0.182. The standard InChI is InChI=1S/C37H60O3/c1-32(2)18-20-37(31(40)13-9-24-8-10-25(38)22-24)21-19-35(6)26(27(37)23-32)11-12-29-34(5)16-15-30(39)33(3,4)28(34)14-17-36(29,35)7/h11,24-25,27-30,38-39H,8-10,12-23H2,1-7H3/t24?,25-,27+,28+,29-,30+,34+,35-,36-,37+/m1/s1. The number of hydrogen-bond donors (Lipinski definition) is 2. The molecule has 0 aliphatic heterocycles.